The van der Waals surface area contributed by atoms with Crippen molar-refractivity contribution in [3.05, 3.63) is 70.5 Å². The number of anilines is 1. The molecule has 5 heteroatoms. The van der Waals surface area contributed by atoms with E-state index in [0.29, 0.717) is 11.6 Å². The van der Waals surface area contributed by atoms with Gasteiger partial charge in [-0.2, -0.15) is 5.10 Å². The van der Waals surface area contributed by atoms with E-state index in [1.54, 1.807) is 6.21 Å². The van der Waals surface area contributed by atoms with E-state index in [0.717, 1.165) is 11.1 Å². The standard InChI is InChI=1S/C24H28FN3O/c1-15(2)28-22-11-16(3)19(12-21(22)17(4)13-24(28,5)6)14-26-27-23(29)18-7-9-20(25)10-8-18/h7-15H,1-6H3,(H,27,29)/b26-14-. The normalized spacial score (nSPS) is 15.4. The van der Waals surface area contributed by atoms with Crippen LogP contribution in [0.2, 0.25) is 0 Å². The third-order valence-corrected chi connectivity index (χ3v) is 5.25. The molecule has 0 fully saturated rings. The number of allylic oxidation sites excluding steroid dienone is 1. The van der Waals surface area contributed by atoms with E-state index in [1.807, 2.05) is 6.92 Å². The number of nitrogens with one attached hydrogen (secondary N) is 1. The average molecular weight is 394 g/mol. The summed E-state index contributed by atoms with van der Waals surface area (Å²) < 4.78 is 13.0. The van der Waals surface area contributed by atoms with Gasteiger partial charge in [0.05, 0.1) is 11.8 Å². The maximum atomic E-state index is 13.0. The van der Waals surface area contributed by atoms with Crippen molar-refractivity contribution in [3.8, 4) is 0 Å². The fourth-order valence-corrected chi connectivity index (χ4v) is 4.12. The monoisotopic (exact) mass is 393 g/mol. The highest BCUT2D eigenvalue weighted by atomic mass is 19.1. The van der Waals surface area contributed by atoms with Crippen molar-refractivity contribution in [2.24, 2.45) is 5.10 Å². The van der Waals surface area contributed by atoms with Gasteiger partial charge in [0.2, 0.25) is 0 Å². The number of fused-ring (bicyclic) bond motifs is 1. The Morgan fingerprint density at radius 1 is 1.17 bits per heavy atom. The molecule has 0 saturated carbocycles. The van der Waals surface area contributed by atoms with Crippen LogP contribution in [0.15, 0.2) is 47.6 Å². The topological polar surface area (TPSA) is 44.7 Å². The predicted molar refractivity (Wildman–Crippen MR) is 118 cm³/mol. The van der Waals surface area contributed by atoms with E-state index in [1.165, 1.54) is 41.1 Å². The Bertz CT molecular complexity index is 988. The van der Waals surface area contributed by atoms with Crippen LogP contribution in [0.1, 0.15) is 61.7 Å². The number of hydrazone groups is 1. The molecule has 0 aromatic heterocycles. The van der Waals surface area contributed by atoms with Crippen LogP contribution in [0.3, 0.4) is 0 Å². The van der Waals surface area contributed by atoms with Crippen LogP contribution in [0.4, 0.5) is 10.1 Å². The zero-order valence-electron chi connectivity index (χ0n) is 17.9. The van der Waals surface area contributed by atoms with Gasteiger partial charge in [-0.15, -0.1) is 0 Å². The van der Waals surface area contributed by atoms with Gasteiger partial charge in [0, 0.05) is 22.9 Å². The minimum atomic E-state index is -0.378. The van der Waals surface area contributed by atoms with E-state index in [9.17, 15) is 9.18 Å². The number of carbonyl (C=O) groups excluding carboxylic acids is 1. The summed E-state index contributed by atoms with van der Waals surface area (Å²) in [6.45, 7) is 13.0. The van der Waals surface area contributed by atoms with Crippen LogP contribution in [0.25, 0.3) is 5.57 Å². The molecule has 4 nitrogen and oxygen atoms in total. The SMILES string of the molecule is CC1=CC(C)(C)N(C(C)C)c2cc(C)c(/C=N\NC(=O)c3ccc(F)cc3)cc21. The smallest absolute Gasteiger partial charge is 0.271 e. The van der Waals surface area contributed by atoms with Gasteiger partial charge in [-0.3, -0.25) is 4.79 Å². The predicted octanol–water partition coefficient (Wildman–Crippen LogP) is 5.31. The lowest BCUT2D eigenvalue weighted by atomic mass is 9.86. The van der Waals surface area contributed by atoms with Crippen LogP contribution < -0.4 is 10.3 Å². The van der Waals surface area contributed by atoms with Gasteiger partial charge in [-0.05, 0) is 94.6 Å². The van der Waals surface area contributed by atoms with Crippen molar-refractivity contribution in [3.63, 3.8) is 0 Å². The van der Waals surface area contributed by atoms with Gasteiger partial charge in [0.1, 0.15) is 5.82 Å². The summed E-state index contributed by atoms with van der Waals surface area (Å²) in [5, 5.41) is 4.11. The zero-order valence-corrected chi connectivity index (χ0v) is 17.9. The van der Waals surface area contributed by atoms with Crippen LogP contribution in [0.5, 0.6) is 0 Å². The van der Waals surface area contributed by atoms with Crippen LogP contribution in [-0.4, -0.2) is 23.7 Å². The van der Waals surface area contributed by atoms with Gasteiger partial charge in [0.25, 0.3) is 5.91 Å². The van der Waals surface area contributed by atoms with E-state index >= 15 is 0 Å². The highest BCUT2D eigenvalue weighted by molar-refractivity contribution is 5.95. The summed E-state index contributed by atoms with van der Waals surface area (Å²) in [5.74, 6) is -0.752. The molecule has 0 unspecified atom stereocenters. The second-order valence-electron chi connectivity index (χ2n) is 8.38. The first kappa shape index (κ1) is 20.8. The van der Waals surface area contributed by atoms with Crippen molar-refractivity contribution in [1.29, 1.82) is 0 Å². The molecule has 0 bridgehead atoms. The number of amides is 1. The van der Waals surface area contributed by atoms with Gasteiger partial charge >= 0.3 is 0 Å². The fraction of sp³-hybridized carbons (Fsp3) is 0.333. The highest BCUT2D eigenvalue weighted by Crippen LogP contribution is 2.41. The minimum absolute atomic E-state index is 0.0591. The molecule has 1 aliphatic rings. The minimum Gasteiger partial charge on any atom is -0.360 e. The largest absolute Gasteiger partial charge is 0.360 e. The number of rotatable bonds is 4. The summed E-state index contributed by atoms with van der Waals surface area (Å²) in [6, 6.07) is 10.0. The molecule has 1 N–H and O–H groups in total. The number of aryl methyl sites for hydroxylation is 1. The Morgan fingerprint density at radius 2 is 1.83 bits per heavy atom. The van der Waals surface area contributed by atoms with Gasteiger partial charge in [-0.1, -0.05) is 6.08 Å². The number of halogens is 1. The Balaban J connectivity index is 1.87. The molecule has 0 atom stereocenters. The lowest BCUT2D eigenvalue weighted by Crippen LogP contribution is -2.49. The zero-order chi connectivity index (χ0) is 21.3. The Labute approximate surface area is 172 Å². The number of hydrogen-bond donors (Lipinski definition) is 1. The third-order valence-electron chi connectivity index (χ3n) is 5.25. The summed E-state index contributed by atoms with van der Waals surface area (Å²) >= 11 is 0. The molecule has 1 amide bonds. The van der Waals surface area contributed by atoms with Crippen molar-refractivity contribution in [1.82, 2.24) is 5.43 Å². The van der Waals surface area contributed by atoms with Crippen molar-refractivity contribution in [2.75, 3.05) is 4.90 Å². The molecule has 2 aromatic rings. The summed E-state index contributed by atoms with van der Waals surface area (Å²) in [5.41, 5.74) is 8.46. The van der Waals surface area contributed by atoms with Crippen molar-refractivity contribution < 1.29 is 9.18 Å². The Kier molecular flexibility index (Phi) is 5.60. The summed E-state index contributed by atoms with van der Waals surface area (Å²) in [6.07, 6.45) is 3.95. The first-order chi connectivity index (χ1) is 13.6. The van der Waals surface area contributed by atoms with E-state index in [2.05, 4.69) is 68.3 Å². The number of carbonyl (C=O) groups is 1. The van der Waals surface area contributed by atoms with Crippen LogP contribution in [-0.2, 0) is 0 Å². The van der Waals surface area contributed by atoms with Crippen molar-refractivity contribution in [2.45, 2.75) is 53.1 Å². The second-order valence-corrected chi connectivity index (χ2v) is 8.38. The number of hydrogen-bond acceptors (Lipinski definition) is 3. The second kappa shape index (κ2) is 7.82. The summed E-state index contributed by atoms with van der Waals surface area (Å²) in [4.78, 5) is 14.6. The van der Waals surface area contributed by atoms with E-state index < -0.39 is 0 Å². The van der Waals surface area contributed by atoms with Gasteiger partial charge in [0.15, 0.2) is 0 Å². The molecule has 1 aliphatic heterocycles. The van der Waals surface area contributed by atoms with E-state index in [4.69, 9.17) is 0 Å². The molecule has 0 radical (unpaired) electrons. The fourth-order valence-electron chi connectivity index (χ4n) is 4.12. The average Bonchev–Trinajstić information content (AvgIpc) is 2.62. The maximum absolute atomic E-state index is 13.0. The molecular weight excluding hydrogens is 365 g/mol. The number of nitrogens with zero attached hydrogens (tertiary/aromatic N) is 2. The Hall–Kier alpha value is -2.95. The molecule has 0 aliphatic carbocycles. The molecule has 3 rings (SSSR count). The molecule has 2 aromatic carbocycles. The molecule has 0 saturated heterocycles. The lowest BCUT2D eigenvalue weighted by Gasteiger charge is -2.46. The quantitative estimate of drug-likeness (QED) is 0.565. The van der Waals surface area contributed by atoms with Crippen LogP contribution >= 0.6 is 0 Å². The third kappa shape index (κ3) is 4.24. The Morgan fingerprint density at radius 3 is 2.45 bits per heavy atom. The summed E-state index contributed by atoms with van der Waals surface area (Å²) in [7, 11) is 0. The molecule has 0 spiro atoms. The molecule has 1 heterocycles. The van der Waals surface area contributed by atoms with E-state index in [-0.39, 0.29) is 17.3 Å². The number of benzene rings is 2. The first-order valence-corrected chi connectivity index (χ1v) is 9.83. The van der Waals surface area contributed by atoms with Crippen LogP contribution in [0, 0.1) is 12.7 Å². The molecular formula is C24H28FN3O. The van der Waals surface area contributed by atoms with Gasteiger partial charge < -0.3 is 4.90 Å². The maximum Gasteiger partial charge on any atom is 0.271 e. The van der Waals surface area contributed by atoms with Crippen molar-refractivity contribution >= 4 is 23.4 Å². The van der Waals surface area contributed by atoms with Gasteiger partial charge in [-0.25, -0.2) is 9.82 Å². The molecule has 29 heavy (non-hydrogen) atoms. The highest BCUT2D eigenvalue weighted by Gasteiger charge is 2.33. The molecule has 152 valence electrons. The first-order valence-electron chi connectivity index (χ1n) is 9.83. The lowest BCUT2D eigenvalue weighted by molar-refractivity contribution is 0.0955.